The van der Waals surface area contributed by atoms with Crippen LogP contribution in [-0.2, 0) is 6.42 Å². The molecule has 4 heteroatoms. The van der Waals surface area contributed by atoms with E-state index in [0.717, 1.165) is 12.0 Å². The molecule has 0 aliphatic rings. The van der Waals surface area contributed by atoms with Crippen LogP contribution in [0.3, 0.4) is 0 Å². The molecule has 0 aromatic heterocycles. The van der Waals surface area contributed by atoms with E-state index >= 15 is 0 Å². The predicted octanol–water partition coefficient (Wildman–Crippen LogP) is 1.45. The highest BCUT2D eigenvalue weighted by atomic mass is 19.1. The molecule has 4 N–H and O–H groups in total. The summed E-state index contributed by atoms with van der Waals surface area (Å²) in [5.74, 6) is -0.227. The average molecular weight is 254 g/mol. The van der Waals surface area contributed by atoms with Crippen LogP contribution in [0.1, 0.15) is 25.8 Å². The maximum absolute atomic E-state index is 12.8. The van der Waals surface area contributed by atoms with E-state index in [1.54, 1.807) is 12.1 Å². The summed E-state index contributed by atoms with van der Waals surface area (Å²) in [4.78, 5) is 0. The van der Waals surface area contributed by atoms with Crippen molar-refractivity contribution in [3.05, 3.63) is 35.6 Å². The zero-order chi connectivity index (χ0) is 13.6. The SMILES string of the molecule is CC(CCO)NC(C)(CN)Cc1ccc(F)cc1. The van der Waals surface area contributed by atoms with E-state index < -0.39 is 0 Å². The van der Waals surface area contributed by atoms with Crippen molar-refractivity contribution in [2.75, 3.05) is 13.2 Å². The lowest BCUT2D eigenvalue weighted by molar-refractivity contribution is 0.243. The number of rotatable bonds is 7. The Kier molecular flexibility index (Phi) is 5.72. The fraction of sp³-hybridized carbons (Fsp3) is 0.571. The topological polar surface area (TPSA) is 58.3 Å². The molecule has 1 aromatic rings. The minimum atomic E-state index is -0.244. The molecule has 1 rings (SSSR count). The van der Waals surface area contributed by atoms with Crippen LogP contribution in [0.25, 0.3) is 0 Å². The maximum Gasteiger partial charge on any atom is 0.123 e. The van der Waals surface area contributed by atoms with Gasteiger partial charge in [-0.05, 0) is 44.4 Å². The second-order valence-corrected chi connectivity index (χ2v) is 5.13. The minimum Gasteiger partial charge on any atom is -0.396 e. The van der Waals surface area contributed by atoms with Crippen molar-refractivity contribution in [1.82, 2.24) is 5.32 Å². The van der Waals surface area contributed by atoms with Crippen LogP contribution in [-0.4, -0.2) is 29.8 Å². The highest BCUT2D eigenvalue weighted by Gasteiger charge is 2.24. The van der Waals surface area contributed by atoms with Crippen LogP contribution < -0.4 is 11.1 Å². The Morgan fingerprint density at radius 1 is 1.39 bits per heavy atom. The smallest absolute Gasteiger partial charge is 0.123 e. The zero-order valence-corrected chi connectivity index (χ0v) is 11.1. The van der Waals surface area contributed by atoms with E-state index in [2.05, 4.69) is 5.32 Å². The first-order chi connectivity index (χ1) is 8.49. The van der Waals surface area contributed by atoms with Crippen LogP contribution in [0.15, 0.2) is 24.3 Å². The maximum atomic E-state index is 12.8. The first kappa shape index (κ1) is 15.1. The Bertz CT molecular complexity index is 355. The van der Waals surface area contributed by atoms with Gasteiger partial charge < -0.3 is 16.2 Å². The standard InChI is InChI=1S/C14H23FN2O/c1-11(7-8-18)17-14(2,10-16)9-12-3-5-13(15)6-4-12/h3-6,11,17-18H,7-10,16H2,1-2H3. The lowest BCUT2D eigenvalue weighted by Gasteiger charge is -2.33. The van der Waals surface area contributed by atoms with Gasteiger partial charge in [0.15, 0.2) is 0 Å². The first-order valence-electron chi connectivity index (χ1n) is 6.32. The molecular formula is C14H23FN2O. The molecule has 3 nitrogen and oxygen atoms in total. The van der Waals surface area contributed by atoms with Crippen molar-refractivity contribution in [3.8, 4) is 0 Å². The number of aliphatic hydroxyl groups is 1. The van der Waals surface area contributed by atoms with Crippen LogP contribution >= 0.6 is 0 Å². The number of nitrogens with two attached hydrogens (primary N) is 1. The van der Waals surface area contributed by atoms with Gasteiger partial charge in [0.05, 0.1) is 0 Å². The van der Waals surface area contributed by atoms with Gasteiger partial charge in [-0.15, -0.1) is 0 Å². The summed E-state index contributed by atoms with van der Waals surface area (Å²) in [7, 11) is 0. The summed E-state index contributed by atoms with van der Waals surface area (Å²) in [6.07, 6.45) is 1.43. The van der Waals surface area contributed by atoms with Gasteiger partial charge in [-0.3, -0.25) is 0 Å². The summed E-state index contributed by atoms with van der Waals surface area (Å²) < 4.78 is 12.8. The van der Waals surface area contributed by atoms with Crippen LogP contribution in [0.4, 0.5) is 4.39 Å². The van der Waals surface area contributed by atoms with Crippen LogP contribution in [0, 0.1) is 5.82 Å². The lowest BCUT2D eigenvalue weighted by Crippen LogP contribution is -2.54. The molecule has 0 saturated heterocycles. The Hall–Kier alpha value is -0.970. The third kappa shape index (κ3) is 4.72. The summed E-state index contributed by atoms with van der Waals surface area (Å²) in [5.41, 5.74) is 6.64. The Morgan fingerprint density at radius 2 is 2.00 bits per heavy atom. The van der Waals surface area contributed by atoms with Crippen molar-refractivity contribution in [2.24, 2.45) is 5.73 Å². The number of halogens is 1. The van der Waals surface area contributed by atoms with Crippen molar-refractivity contribution < 1.29 is 9.50 Å². The van der Waals surface area contributed by atoms with Crippen LogP contribution in [0.2, 0.25) is 0 Å². The van der Waals surface area contributed by atoms with Crippen molar-refractivity contribution in [1.29, 1.82) is 0 Å². The van der Waals surface area contributed by atoms with Gasteiger partial charge in [0.25, 0.3) is 0 Å². The largest absolute Gasteiger partial charge is 0.396 e. The van der Waals surface area contributed by atoms with Gasteiger partial charge in [0.2, 0.25) is 0 Å². The molecule has 0 fully saturated rings. The average Bonchev–Trinajstić information content (AvgIpc) is 2.32. The normalized spacial score (nSPS) is 16.3. The number of aliphatic hydroxyl groups excluding tert-OH is 1. The lowest BCUT2D eigenvalue weighted by atomic mass is 9.91. The monoisotopic (exact) mass is 254 g/mol. The van der Waals surface area contributed by atoms with E-state index in [9.17, 15) is 4.39 Å². The third-order valence-electron chi connectivity index (χ3n) is 3.12. The molecule has 2 unspecified atom stereocenters. The molecule has 0 saturated carbocycles. The Labute approximate surface area is 108 Å². The van der Waals surface area contributed by atoms with E-state index in [0.29, 0.717) is 13.0 Å². The van der Waals surface area contributed by atoms with Gasteiger partial charge in [-0.25, -0.2) is 4.39 Å². The Balaban J connectivity index is 2.66. The molecule has 0 aliphatic carbocycles. The summed E-state index contributed by atoms with van der Waals surface area (Å²) in [5, 5.41) is 12.3. The predicted molar refractivity (Wildman–Crippen MR) is 71.9 cm³/mol. The van der Waals surface area contributed by atoms with Gasteiger partial charge in [-0.1, -0.05) is 12.1 Å². The molecule has 2 atom stereocenters. The molecule has 0 amide bonds. The zero-order valence-electron chi connectivity index (χ0n) is 11.1. The Morgan fingerprint density at radius 3 is 2.50 bits per heavy atom. The minimum absolute atomic E-state index is 0.158. The number of benzene rings is 1. The van der Waals surface area contributed by atoms with Crippen molar-refractivity contribution >= 4 is 0 Å². The van der Waals surface area contributed by atoms with Gasteiger partial charge >= 0.3 is 0 Å². The summed E-state index contributed by atoms with van der Waals surface area (Å²) >= 11 is 0. The summed E-state index contributed by atoms with van der Waals surface area (Å²) in [6.45, 7) is 4.71. The van der Waals surface area contributed by atoms with Crippen molar-refractivity contribution in [2.45, 2.75) is 38.3 Å². The van der Waals surface area contributed by atoms with E-state index in [4.69, 9.17) is 10.8 Å². The highest BCUT2D eigenvalue weighted by molar-refractivity contribution is 5.19. The van der Waals surface area contributed by atoms with Gasteiger partial charge in [0, 0.05) is 24.7 Å². The van der Waals surface area contributed by atoms with Crippen molar-refractivity contribution in [3.63, 3.8) is 0 Å². The molecular weight excluding hydrogens is 231 g/mol. The summed E-state index contributed by atoms with van der Waals surface area (Å²) in [6, 6.07) is 6.68. The van der Waals surface area contributed by atoms with Gasteiger partial charge in [-0.2, -0.15) is 0 Å². The molecule has 0 bridgehead atoms. The molecule has 0 spiro atoms. The number of hydrogen-bond acceptors (Lipinski definition) is 3. The molecule has 0 aliphatic heterocycles. The quantitative estimate of drug-likeness (QED) is 0.690. The van der Waals surface area contributed by atoms with E-state index in [1.165, 1.54) is 12.1 Å². The fourth-order valence-corrected chi connectivity index (χ4v) is 2.10. The van der Waals surface area contributed by atoms with Crippen LogP contribution in [0.5, 0.6) is 0 Å². The van der Waals surface area contributed by atoms with Gasteiger partial charge in [0.1, 0.15) is 5.82 Å². The number of hydrogen-bond donors (Lipinski definition) is 3. The number of nitrogens with one attached hydrogen (secondary N) is 1. The molecule has 18 heavy (non-hydrogen) atoms. The van der Waals surface area contributed by atoms with E-state index in [1.807, 2.05) is 13.8 Å². The highest BCUT2D eigenvalue weighted by Crippen LogP contribution is 2.14. The first-order valence-corrected chi connectivity index (χ1v) is 6.32. The third-order valence-corrected chi connectivity index (χ3v) is 3.12. The second-order valence-electron chi connectivity index (χ2n) is 5.13. The molecule has 1 aromatic carbocycles. The van der Waals surface area contributed by atoms with E-state index in [-0.39, 0.29) is 24.0 Å². The fourth-order valence-electron chi connectivity index (χ4n) is 2.10. The molecule has 102 valence electrons. The second kappa shape index (κ2) is 6.83. The molecule has 0 heterocycles. The molecule has 0 radical (unpaired) electrons.